The molecule has 10 heteroatoms. The normalized spacial score (nSPS) is 23.1. The maximum Gasteiger partial charge on any atom is 0.293 e. The molecule has 1 aliphatic heterocycles. The Bertz CT molecular complexity index is 1010. The van der Waals surface area contributed by atoms with Crippen molar-refractivity contribution in [2.75, 3.05) is 18.0 Å². The summed E-state index contributed by atoms with van der Waals surface area (Å²) in [5.74, 6) is 0.610. The zero-order chi connectivity index (χ0) is 22.0. The van der Waals surface area contributed by atoms with Crippen LogP contribution in [0.4, 0.5) is 11.4 Å². The third kappa shape index (κ3) is 4.90. The van der Waals surface area contributed by atoms with Crippen LogP contribution in [0.2, 0.25) is 0 Å². The van der Waals surface area contributed by atoms with Crippen molar-refractivity contribution in [1.29, 1.82) is 0 Å². The Balaban J connectivity index is 1.50. The first-order chi connectivity index (χ1) is 14.8. The van der Waals surface area contributed by atoms with E-state index in [4.69, 9.17) is 0 Å². The van der Waals surface area contributed by atoms with E-state index in [2.05, 4.69) is 21.2 Å². The number of nitrogens with one attached hydrogen (secondary N) is 1. The van der Waals surface area contributed by atoms with Gasteiger partial charge in [-0.25, -0.2) is 18.1 Å². The van der Waals surface area contributed by atoms with E-state index in [1.54, 1.807) is 18.6 Å². The lowest BCUT2D eigenvalue weighted by molar-refractivity contribution is -0.384. The molecular weight excluding hydrogens is 418 g/mol. The number of aromatic nitrogens is 2. The first kappa shape index (κ1) is 21.8. The highest BCUT2D eigenvalue weighted by Gasteiger charge is 2.29. The van der Waals surface area contributed by atoms with E-state index in [0.29, 0.717) is 30.7 Å². The summed E-state index contributed by atoms with van der Waals surface area (Å²) in [6.07, 6.45) is 10.7. The molecular formula is C21H29N5O4S. The Hall–Kier alpha value is -2.46. The molecule has 2 heterocycles. The van der Waals surface area contributed by atoms with Crippen LogP contribution in [0.15, 0.2) is 41.8 Å². The van der Waals surface area contributed by atoms with Crippen molar-refractivity contribution in [3.63, 3.8) is 0 Å². The lowest BCUT2D eigenvalue weighted by Gasteiger charge is -2.33. The quantitative estimate of drug-likeness (QED) is 0.536. The van der Waals surface area contributed by atoms with Crippen molar-refractivity contribution >= 4 is 21.4 Å². The van der Waals surface area contributed by atoms with Gasteiger partial charge in [0.15, 0.2) is 0 Å². The van der Waals surface area contributed by atoms with E-state index < -0.39 is 14.9 Å². The van der Waals surface area contributed by atoms with E-state index in [9.17, 15) is 18.5 Å². The molecule has 9 nitrogen and oxygen atoms in total. The highest BCUT2D eigenvalue weighted by Crippen LogP contribution is 2.35. The third-order valence-electron chi connectivity index (χ3n) is 6.54. The monoisotopic (exact) mass is 447 g/mol. The molecule has 0 unspecified atom stereocenters. The number of nitrogens with zero attached hydrogens (tertiary/aromatic N) is 4. The molecule has 168 valence electrons. The molecule has 1 aromatic carbocycles. The molecule has 1 aromatic heterocycles. The molecule has 1 aliphatic carbocycles. The Morgan fingerprint density at radius 1 is 1.13 bits per heavy atom. The molecule has 0 amide bonds. The third-order valence-corrected chi connectivity index (χ3v) is 8.06. The highest BCUT2D eigenvalue weighted by molar-refractivity contribution is 7.89. The summed E-state index contributed by atoms with van der Waals surface area (Å²) in [5, 5.41) is 11.8. The minimum atomic E-state index is -3.80. The van der Waals surface area contributed by atoms with Crippen molar-refractivity contribution < 1.29 is 13.3 Å². The molecule has 2 aromatic rings. The molecule has 31 heavy (non-hydrogen) atoms. The van der Waals surface area contributed by atoms with Gasteiger partial charge in [0, 0.05) is 43.6 Å². The molecule has 0 radical (unpaired) electrons. The predicted octanol–water partition coefficient (Wildman–Crippen LogP) is 3.49. The number of hydrogen-bond donors (Lipinski definition) is 1. The van der Waals surface area contributed by atoms with Crippen LogP contribution in [-0.4, -0.2) is 42.0 Å². The Morgan fingerprint density at radius 3 is 2.45 bits per heavy atom. The van der Waals surface area contributed by atoms with E-state index >= 15 is 0 Å². The van der Waals surface area contributed by atoms with Crippen molar-refractivity contribution in [1.82, 2.24) is 14.3 Å². The molecule has 0 atom stereocenters. The standard InChI is InChI=1S/C21H29N5O4S/c1-16-2-4-17(5-3-16)23-31(29,30)19-6-7-20(21(14-19)26(27)28)24-11-8-18(9-12-24)25-13-10-22-15-25/h6-7,10,13-18,23H,2-5,8-9,11-12H2,1H3. The number of benzene rings is 1. The van der Waals surface area contributed by atoms with Crippen molar-refractivity contribution in [2.45, 2.75) is 62.4 Å². The number of anilines is 1. The van der Waals surface area contributed by atoms with Gasteiger partial charge in [-0.15, -0.1) is 0 Å². The average molecular weight is 448 g/mol. The van der Waals surface area contributed by atoms with E-state index in [1.165, 1.54) is 12.1 Å². The van der Waals surface area contributed by atoms with Crippen molar-refractivity contribution in [2.24, 2.45) is 5.92 Å². The number of nitro benzene ring substituents is 1. The average Bonchev–Trinajstić information content (AvgIpc) is 3.30. The number of imidazole rings is 1. The van der Waals surface area contributed by atoms with Crippen LogP contribution in [0.1, 0.15) is 51.5 Å². The topological polar surface area (TPSA) is 110 Å². The Morgan fingerprint density at radius 2 is 1.84 bits per heavy atom. The van der Waals surface area contributed by atoms with Gasteiger partial charge in [-0.2, -0.15) is 0 Å². The van der Waals surface area contributed by atoms with E-state index in [-0.39, 0.29) is 16.6 Å². The van der Waals surface area contributed by atoms with Crippen molar-refractivity contribution in [3.8, 4) is 0 Å². The number of piperidine rings is 1. The van der Waals surface area contributed by atoms with E-state index in [0.717, 1.165) is 38.5 Å². The van der Waals surface area contributed by atoms with Crippen LogP contribution in [0, 0.1) is 16.0 Å². The smallest absolute Gasteiger partial charge is 0.293 e. The Labute approximate surface area is 182 Å². The summed E-state index contributed by atoms with van der Waals surface area (Å²) >= 11 is 0. The van der Waals surface area contributed by atoms with Gasteiger partial charge in [-0.1, -0.05) is 6.92 Å². The number of sulfonamides is 1. The molecule has 1 saturated carbocycles. The second kappa shape index (κ2) is 8.96. The summed E-state index contributed by atoms with van der Waals surface area (Å²) < 4.78 is 30.5. The first-order valence-corrected chi connectivity index (χ1v) is 12.3. The lowest BCUT2D eigenvalue weighted by Crippen LogP contribution is -2.37. The van der Waals surface area contributed by atoms with Crippen molar-refractivity contribution in [3.05, 3.63) is 47.0 Å². The maximum atomic E-state index is 12.9. The summed E-state index contributed by atoms with van der Waals surface area (Å²) in [6.45, 7) is 3.49. The minimum absolute atomic E-state index is 0.0464. The summed E-state index contributed by atoms with van der Waals surface area (Å²) in [4.78, 5) is 17.3. The molecule has 0 bridgehead atoms. The molecule has 1 saturated heterocycles. The molecule has 2 fully saturated rings. The second-order valence-corrected chi connectivity index (χ2v) is 10.4. The lowest BCUT2D eigenvalue weighted by atomic mass is 9.88. The van der Waals surface area contributed by atoms with E-state index in [1.807, 2.05) is 11.1 Å². The van der Waals surface area contributed by atoms with Gasteiger partial charge in [0.25, 0.3) is 5.69 Å². The summed E-state index contributed by atoms with van der Waals surface area (Å²) in [7, 11) is -3.80. The van der Waals surface area contributed by atoms with Gasteiger partial charge < -0.3 is 9.47 Å². The van der Waals surface area contributed by atoms with Crippen LogP contribution >= 0.6 is 0 Å². The Kier molecular flexibility index (Phi) is 6.29. The number of rotatable bonds is 6. The van der Waals surface area contributed by atoms with Gasteiger partial charge in [-0.05, 0) is 56.6 Å². The van der Waals surface area contributed by atoms with Gasteiger partial charge in [0.2, 0.25) is 10.0 Å². The minimum Gasteiger partial charge on any atom is -0.366 e. The van der Waals surface area contributed by atoms with Gasteiger partial charge in [0.1, 0.15) is 5.69 Å². The van der Waals surface area contributed by atoms with Crippen LogP contribution in [0.3, 0.4) is 0 Å². The zero-order valence-electron chi connectivity index (χ0n) is 17.7. The fourth-order valence-corrected chi connectivity index (χ4v) is 5.96. The largest absolute Gasteiger partial charge is 0.366 e. The van der Waals surface area contributed by atoms with Crippen LogP contribution in [0.5, 0.6) is 0 Å². The SMILES string of the molecule is CC1CCC(NS(=O)(=O)c2ccc(N3CCC(n4ccnc4)CC3)c([N+](=O)[O-])c2)CC1. The predicted molar refractivity (Wildman–Crippen MR) is 118 cm³/mol. The molecule has 0 spiro atoms. The zero-order valence-corrected chi connectivity index (χ0v) is 18.5. The van der Waals surface area contributed by atoms with Gasteiger partial charge in [0.05, 0.1) is 16.1 Å². The van der Waals surface area contributed by atoms with Crippen LogP contribution < -0.4 is 9.62 Å². The summed E-state index contributed by atoms with van der Waals surface area (Å²) in [5.41, 5.74) is 0.306. The highest BCUT2D eigenvalue weighted by atomic mass is 32.2. The van der Waals surface area contributed by atoms with Crippen LogP contribution in [-0.2, 0) is 10.0 Å². The molecule has 2 aliphatic rings. The van der Waals surface area contributed by atoms with Gasteiger partial charge >= 0.3 is 0 Å². The fraction of sp³-hybridized carbons (Fsp3) is 0.571. The number of nitro groups is 1. The molecule has 4 rings (SSSR count). The number of hydrogen-bond acceptors (Lipinski definition) is 6. The molecule has 1 N–H and O–H groups in total. The fourth-order valence-electron chi connectivity index (χ4n) is 4.64. The second-order valence-electron chi connectivity index (χ2n) is 8.71. The maximum absolute atomic E-state index is 12.9. The summed E-state index contributed by atoms with van der Waals surface area (Å²) in [6, 6.07) is 4.47. The van der Waals surface area contributed by atoms with Crippen LogP contribution in [0.25, 0.3) is 0 Å². The first-order valence-electron chi connectivity index (χ1n) is 10.9. The van der Waals surface area contributed by atoms with Gasteiger partial charge in [-0.3, -0.25) is 10.1 Å².